The molecular weight excluding hydrogens is 546 g/mol. The van der Waals surface area contributed by atoms with Crippen LogP contribution in [0.4, 0.5) is 11.4 Å². The highest BCUT2D eigenvalue weighted by atomic mass is 15.1. The number of anilines is 2. The first-order chi connectivity index (χ1) is 22.3. The van der Waals surface area contributed by atoms with Gasteiger partial charge in [-0.05, 0) is 73.2 Å². The molecule has 45 heavy (non-hydrogen) atoms. The van der Waals surface area contributed by atoms with Crippen molar-refractivity contribution in [3.05, 3.63) is 176 Å². The number of allylic oxidation sites excluding steroid dienone is 3. The van der Waals surface area contributed by atoms with Crippen LogP contribution in [0.3, 0.4) is 0 Å². The highest BCUT2D eigenvalue weighted by molar-refractivity contribution is 6.09. The van der Waals surface area contributed by atoms with Crippen molar-refractivity contribution in [1.29, 1.82) is 0 Å². The maximum absolute atomic E-state index is 2.50. The normalized spacial score (nSPS) is 14.8. The van der Waals surface area contributed by atoms with Gasteiger partial charge in [0, 0.05) is 55.3 Å². The van der Waals surface area contributed by atoms with Crippen molar-refractivity contribution in [3.8, 4) is 5.69 Å². The minimum Gasteiger partial charge on any atom is -0.333 e. The summed E-state index contributed by atoms with van der Waals surface area (Å²) in [5.74, 6) is 0. The molecular formula is C42H31N3. The molecule has 8 aromatic rings. The molecule has 2 heterocycles. The van der Waals surface area contributed by atoms with Crippen molar-refractivity contribution in [2.45, 2.75) is 12.5 Å². The molecule has 9 rings (SSSR count). The zero-order chi connectivity index (χ0) is 29.7. The molecule has 3 heteroatoms. The summed E-state index contributed by atoms with van der Waals surface area (Å²) in [4.78, 5) is 2.37. The maximum atomic E-state index is 2.50. The molecule has 0 fully saturated rings. The van der Waals surface area contributed by atoms with E-state index in [1.54, 1.807) is 0 Å². The predicted molar refractivity (Wildman–Crippen MR) is 190 cm³/mol. The zero-order valence-electron chi connectivity index (χ0n) is 24.8. The molecule has 1 unspecified atom stereocenters. The molecule has 0 N–H and O–H groups in total. The van der Waals surface area contributed by atoms with Crippen LogP contribution in [0.15, 0.2) is 176 Å². The Labute approximate surface area is 262 Å². The molecule has 0 radical (unpaired) electrons. The van der Waals surface area contributed by atoms with Gasteiger partial charge in [-0.15, -0.1) is 0 Å². The summed E-state index contributed by atoms with van der Waals surface area (Å²) in [6, 6.07) is 54.8. The molecule has 0 saturated carbocycles. The summed E-state index contributed by atoms with van der Waals surface area (Å²) in [5, 5.41) is 5.17. The number of fused-ring (bicyclic) bond motifs is 6. The topological polar surface area (TPSA) is 13.1 Å². The van der Waals surface area contributed by atoms with E-state index in [9.17, 15) is 0 Å². The lowest BCUT2D eigenvalue weighted by Gasteiger charge is -2.30. The van der Waals surface area contributed by atoms with E-state index in [0.29, 0.717) is 0 Å². The van der Waals surface area contributed by atoms with Gasteiger partial charge in [0.15, 0.2) is 0 Å². The first-order valence-corrected chi connectivity index (χ1v) is 15.6. The zero-order valence-corrected chi connectivity index (χ0v) is 24.8. The monoisotopic (exact) mass is 577 g/mol. The largest absolute Gasteiger partial charge is 0.333 e. The van der Waals surface area contributed by atoms with Gasteiger partial charge in [0.25, 0.3) is 0 Å². The third kappa shape index (κ3) is 4.12. The minimum absolute atomic E-state index is 0.244. The fourth-order valence-electron chi connectivity index (χ4n) is 7.24. The molecule has 3 nitrogen and oxygen atoms in total. The lowest BCUT2D eigenvalue weighted by molar-refractivity contribution is 0.643. The summed E-state index contributed by atoms with van der Waals surface area (Å²) in [6.07, 6.45) is 7.97. The number of hydrogen-bond acceptors (Lipinski definition) is 1. The van der Waals surface area contributed by atoms with Crippen LogP contribution < -0.4 is 4.90 Å². The number of rotatable bonds is 5. The summed E-state index contributed by atoms with van der Waals surface area (Å²) in [6.45, 7) is 0. The van der Waals surface area contributed by atoms with Crippen LogP contribution in [0.25, 0.3) is 49.3 Å². The number of hydrogen-bond donors (Lipinski definition) is 0. The standard InChI is InChI=1S/C42H31N3/c1-2-12-30(13-3-1)43(31-22-26-33(27-23-31)44-39-18-8-4-14-35(39)36-15-5-9-19-40(36)44)32-24-28-34(29-25-32)45-41-20-10-6-16-37(41)38-17-7-11-21-42(38)45/h1-28,34H,29H2. The van der Waals surface area contributed by atoms with Crippen molar-refractivity contribution in [1.82, 2.24) is 9.13 Å². The number of benzene rings is 6. The Morgan fingerprint density at radius 2 is 0.933 bits per heavy atom. The molecule has 0 saturated heterocycles. The Bertz CT molecular complexity index is 2300. The van der Waals surface area contributed by atoms with E-state index >= 15 is 0 Å². The third-order valence-electron chi connectivity index (χ3n) is 9.23. The van der Waals surface area contributed by atoms with E-state index in [0.717, 1.165) is 23.5 Å². The van der Waals surface area contributed by atoms with Crippen molar-refractivity contribution < 1.29 is 0 Å². The van der Waals surface area contributed by atoms with Crippen LogP contribution >= 0.6 is 0 Å². The van der Waals surface area contributed by atoms with Crippen molar-refractivity contribution in [3.63, 3.8) is 0 Å². The van der Waals surface area contributed by atoms with Gasteiger partial charge < -0.3 is 14.0 Å². The van der Waals surface area contributed by atoms with Gasteiger partial charge in [-0.3, -0.25) is 0 Å². The van der Waals surface area contributed by atoms with E-state index in [1.807, 2.05) is 0 Å². The van der Waals surface area contributed by atoms with Gasteiger partial charge in [0.05, 0.1) is 17.1 Å². The second-order valence-electron chi connectivity index (χ2n) is 11.8. The van der Waals surface area contributed by atoms with Gasteiger partial charge in [0.2, 0.25) is 0 Å². The molecule has 1 aliphatic carbocycles. The van der Waals surface area contributed by atoms with Crippen LogP contribution in [-0.4, -0.2) is 9.13 Å². The van der Waals surface area contributed by atoms with E-state index in [2.05, 4.69) is 184 Å². The van der Waals surface area contributed by atoms with E-state index in [-0.39, 0.29) is 6.04 Å². The molecule has 0 amide bonds. The highest BCUT2D eigenvalue weighted by Crippen LogP contribution is 2.39. The second-order valence-corrected chi connectivity index (χ2v) is 11.8. The Morgan fingerprint density at radius 1 is 0.467 bits per heavy atom. The van der Waals surface area contributed by atoms with E-state index in [1.165, 1.54) is 49.3 Å². The van der Waals surface area contributed by atoms with Crippen LogP contribution in [0.5, 0.6) is 0 Å². The van der Waals surface area contributed by atoms with Crippen LogP contribution in [0.2, 0.25) is 0 Å². The Kier molecular flexibility index (Phi) is 5.95. The number of aromatic nitrogens is 2. The molecule has 6 aromatic carbocycles. The van der Waals surface area contributed by atoms with Crippen LogP contribution in [0.1, 0.15) is 12.5 Å². The maximum Gasteiger partial charge on any atom is 0.0561 e. The highest BCUT2D eigenvalue weighted by Gasteiger charge is 2.21. The molecule has 1 atom stereocenters. The lowest BCUT2D eigenvalue weighted by Crippen LogP contribution is -2.18. The SMILES string of the molecule is C1=CC(n2c3ccccc3c3ccccc32)CC=C1N(c1ccccc1)c1ccc(-n2c3ccccc3c3ccccc32)cc1. The molecule has 214 valence electrons. The summed E-state index contributed by atoms with van der Waals surface area (Å²) in [7, 11) is 0. The van der Waals surface area contributed by atoms with Gasteiger partial charge in [-0.2, -0.15) is 0 Å². The van der Waals surface area contributed by atoms with E-state index in [4.69, 9.17) is 0 Å². The molecule has 0 aliphatic heterocycles. The lowest BCUT2D eigenvalue weighted by atomic mass is 10.0. The average Bonchev–Trinajstić information content (AvgIpc) is 3.63. The molecule has 1 aliphatic rings. The molecule has 0 bridgehead atoms. The van der Waals surface area contributed by atoms with Gasteiger partial charge >= 0.3 is 0 Å². The van der Waals surface area contributed by atoms with E-state index < -0.39 is 0 Å². The van der Waals surface area contributed by atoms with Gasteiger partial charge in [-0.25, -0.2) is 0 Å². The third-order valence-corrected chi connectivity index (χ3v) is 9.23. The molecule has 0 spiro atoms. The first kappa shape index (κ1) is 25.7. The van der Waals surface area contributed by atoms with Gasteiger partial charge in [-0.1, -0.05) is 103 Å². The van der Waals surface area contributed by atoms with Crippen molar-refractivity contribution >= 4 is 55.0 Å². The molecule has 2 aromatic heterocycles. The van der Waals surface area contributed by atoms with Crippen LogP contribution in [0, 0.1) is 0 Å². The number of nitrogens with zero attached hydrogens (tertiary/aromatic N) is 3. The smallest absolute Gasteiger partial charge is 0.0561 e. The summed E-state index contributed by atoms with van der Waals surface area (Å²) >= 11 is 0. The minimum atomic E-state index is 0.244. The first-order valence-electron chi connectivity index (χ1n) is 15.6. The fraction of sp³-hybridized carbons (Fsp3) is 0.0476. The second kappa shape index (κ2) is 10.4. The average molecular weight is 578 g/mol. The van der Waals surface area contributed by atoms with Crippen molar-refractivity contribution in [2.24, 2.45) is 0 Å². The Balaban J connectivity index is 1.10. The van der Waals surface area contributed by atoms with Crippen LogP contribution in [-0.2, 0) is 0 Å². The quantitative estimate of drug-likeness (QED) is 0.198. The summed E-state index contributed by atoms with van der Waals surface area (Å²) < 4.78 is 4.87. The Hall–Kier alpha value is -5.80. The fourth-order valence-corrected chi connectivity index (χ4v) is 7.24. The van der Waals surface area contributed by atoms with Gasteiger partial charge in [0.1, 0.15) is 0 Å². The number of para-hydroxylation sites is 5. The Morgan fingerprint density at radius 3 is 1.47 bits per heavy atom. The predicted octanol–water partition coefficient (Wildman–Crippen LogP) is 11.1. The van der Waals surface area contributed by atoms with Crippen molar-refractivity contribution in [2.75, 3.05) is 4.90 Å². The summed E-state index contributed by atoms with van der Waals surface area (Å²) in [5.41, 5.74) is 9.63.